The topological polar surface area (TPSA) is 32.7 Å². The molecule has 1 atom stereocenters. The molecule has 0 heterocycles. The largest absolute Gasteiger partial charge is 0.389 e. The maximum atomic E-state index is 13.5. The van der Waals surface area contributed by atoms with Gasteiger partial charge in [-0.2, -0.15) is 0 Å². The third-order valence-electron chi connectivity index (χ3n) is 2.69. The van der Waals surface area contributed by atoms with Crippen LogP contribution < -0.4 is 0 Å². The van der Waals surface area contributed by atoms with Crippen LogP contribution in [-0.4, -0.2) is 50.0 Å². The van der Waals surface area contributed by atoms with E-state index in [0.29, 0.717) is 36.7 Å². The highest BCUT2D eigenvalue weighted by Gasteiger charge is 2.11. The van der Waals surface area contributed by atoms with Crippen LogP contribution in [0.2, 0.25) is 5.02 Å². The molecule has 0 bridgehead atoms. The van der Waals surface area contributed by atoms with Crippen LogP contribution in [0.3, 0.4) is 0 Å². The summed E-state index contributed by atoms with van der Waals surface area (Å²) in [5, 5.41) is 10.0. The average molecular weight is 276 g/mol. The van der Waals surface area contributed by atoms with Gasteiger partial charge in [0.25, 0.3) is 0 Å². The van der Waals surface area contributed by atoms with Crippen molar-refractivity contribution in [2.24, 2.45) is 0 Å². The van der Waals surface area contributed by atoms with Gasteiger partial charge in [-0.05, 0) is 25.6 Å². The fraction of sp³-hybridized carbons (Fsp3) is 0.538. The van der Waals surface area contributed by atoms with E-state index in [1.54, 1.807) is 19.2 Å². The van der Waals surface area contributed by atoms with Gasteiger partial charge in [0.1, 0.15) is 5.82 Å². The summed E-state index contributed by atoms with van der Waals surface area (Å²) in [7, 11) is 3.41. The maximum absolute atomic E-state index is 13.5. The number of nitrogens with zero attached hydrogens (tertiary/aromatic N) is 1. The number of methoxy groups -OCH3 is 1. The highest BCUT2D eigenvalue weighted by Crippen LogP contribution is 2.19. The molecule has 18 heavy (non-hydrogen) atoms. The van der Waals surface area contributed by atoms with Crippen molar-refractivity contribution in [3.05, 3.63) is 34.6 Å². The van der Waals surface area contributed by atoms with Gasteiger partial charge in [-0.3, -0.25) is 0 Å². The first-order valence-electron chi connectivity index (χ1n) is 5.83. The summed E-state index contributed by atoms with van der Waals surface area (Å²) in [5.41, 5.74) is 0.521. The van der Waals surface area contributed by atoms with Gasteiger partial charge in [-0.1, -0.05) is 17.7 Å². The lowest BCUT2D eigenvalue weighted by atomic mass is 10.1. The number of aliphatic hydroxyl groups is 1. The van der Waals surface area contributed by atoms with Crippen molar-refractivity contribution in [1.29, 1.82) is 0 Å². The predicted octanol–water partition coefficient (Wildman–Crippen LogP) is 1.96. The quantitative estimate of drug-likeness (QED) is 0.826. The van der Waals surface area contributed by atoms with Crippen molar-refractivity contribution < 1.29 is 14.2 Å². The highest BCUT2D eigenvalue weighted by atomic mass is 35.5. The van der Waals surface area contributed by atoms with E-state index in [9.17, 15) is 9.50 Å². The molecule has 1 aromatic carbocycles. The Morgan fingerprint density at radius 1 is 1.50 bits per heavy atom. The van der Waals surface area contributed by atoms with E-state index < -0.39 is 6.10 Å². The molecule has 5 heteroatoms. The Morgan fingerprint density at radius 3 is 2.83 bits per heavy atom. The zero-order chi connectivity index (χ0) is 13.5. The molecule has 1 unspecified atom stereocenters. The summed E-state index contributed by atoms with van der Waals surface area (Å²) >= 11 is 5.94. The number of aliphatic hydroxyl groups excluding tert-OH is 1. The van der Waals surface area contributed by atoms with Crippen molar-refractivity contribution in [3.8, 4) is 0 Å². The number of likely N-dealkylation sites (N-methyl/N-ethyl adjacent to an activating group) is 1. The summed E-state index contributed by atoms with van der Waals surface area (Å²) < 4.78 is 18.4. The molecule has 1 N–H and O–H groups in total. The van der Waals surface area contributed by atoms with Gasteiger partial charge in [0.15, 0.2) is 0 Å². The number of ether oxygens (including phenoxy) is 1. The van der Waals surface area contributed by atoms with Crippen LogP contribution in [0.1, 0.15) is 5.56 Å². The second-order valence-electron chi connectivity index (χ2n) is 4.32. The summed E-state index contributed by atoms with van der Waals surface area (Å²) in [6.07, 6.45) is -0.0158. The van der Waals surface area contributed by atoms with Crippen molar-refractivity contribution in [3.63, 3.8) is 0 Å². The van der Waals surface area contributed by atoms with E-state index in [-0.39, 0.29) is 5.82 Å². The molecule has 0 amide bonds. The molecule has 102 valence electrons. The van der Waals surface area contributed by atoms with Gasteiger partial charge in [0.2, 0.25) is 0 Å². The smallest absolute Gasteiger partial charge is 0.127 e. The van der Waals surface area contributed by atoms with Gasteiger partial charge in [0.05, 0.1) is 12.7 Å². The lowest BCUT2D eigenvalue weighted by Crippen LogP contribution is -2.33. The van der Waals surface area contributed by atoms with E-state index in [0.717, 1.165) is 0 Å². The Kier molecular flexibility index (Phi) is 6.57. The zero-order valence-electron chi connectivity index (χ0n) is 10.7. The van der Waals surface area contributed by atoms with Crippen molar-refractivity contribution in [2.75, 3.05) is 33.9 Å². The minimum Gasteiger partial charge on any atom is -0.389 e. The lowest BCUT2D eigenvalue weighted by molar-refractivity contribution is 0.0435. The molecule has 1 aromatic rings. The summed E-state index contributed by atoms with van der Waals surface area (Å²) in [5.74, 6) is -0.284. The summed E-state index contributed by atoms with van der Waals surface area (Å²) in [6.45, 7) is 1.41. The van der Waals surface area contributed by atoms with E-state index in [2.05, 4.69) is 0 Å². The maximum Gasteiger partial charge on any atom is 0.127 e. The summed E-state index contributed by atoms with van der Waals surface area (Å²) in [6, 6.07) is 4.67. The average Bonchev–Trinajstić information content (AvgIpc) is 2.28. The molecule has 0 spiro atoms. The first kappa shape index (κ1) is 15.4. The Labute approximate surface area is 112 Å². The van der Waals surface area contributed by atoms with Gasteiger partial charge >= 0.3 is 0 Å². The standard InChI is InChI=1S/C13H19ClFNO2/c1-16(8-10(17)9-18-2)7-6-11-12(14)4-3-5-13(11)15/h3-5,10,17H,6-9H2,1-2H3. The molecule has 0 aromatic heterocycles. The first-order valence-corrected chi connectivity index (χ1v) is 6.20. The minimum atomic E-state index is -0.531. The van der Waals surface area contributed by atoms with E-state index in [4.69, 9.17) is 16.3 Å². The Morgan fingerprint density at radius 2 is 2.22 bits per heavy atom. The monoisotopic (exact) mass is 275 g/mol. The molecule has 0 aliphatic heterocycles. The van der Waals surface area contributed by atoms with Crippen LogP contribution in [-0.2, 0) is 11.2 Å². The number of halogens is 2. The predicted molar refractivity (Wildman–Crippen MR) is 70.5 cm³/mol. The van der Waals surface area contributed by atoms with Crippen molar-refractivity contribution in [2.45, 2.75) is 12.5 Å². The van der Waals surface area contributed by atoms with Crippen molar-refractivity contribution >= 4 is 11.6 Å². The highest BCUT2D eigenvalue weighted by molar-refractivity contribution is 6.31. The van der Waals surface area contributed by atoms with Crippen LogP contribution in [0.25, 0.3) is 0 Å². The molecule has 1 rings (SSSR count). The number of hydrogen-bond donors (Lipinski definition) is 1. The van der Waals surface area contributed by atoms with Crippen LogP contribution in [0.15, 0.2) is 18.2 Å². The molecule has 0 aliphatic carbocycles. The van der Waals surface area contributed by atoms with Gasteiger partial charge in [0, 0.05) is 30.8 Å². The van der Waals surface area contributed by atoms with E-state index >= 15 is 0 Å². The van der Waals surface area contributed by atoms with Crippen molar-refractivity contribution in [1.82, 2.24) is 4.90 Å². The fourth-order valence-electron chi connectivity index (χ4n) is 1.77. The zero-order valence-corrected chi connectivity index (χ0v) is 11.5. The SMILES string of the molecule is COCC(O)CN(C)CCc1c(F)cccc1Cl. The Bertz CT molecular complexity index is 356. The molecule has 0 saturated carbocycles. The number of rotatable bonds is 7. The molecular formula is C13H19ClFNO2. The molecular weight excluding hydrogens is 257 g/mol. The molecule has 0 fully saturated rings. The fourth-order valence-corrected chi connectivity index (χ4v) is 2.03. The van der Waals surface area contributed by atoms with E-state index in [1.807, 2.05) is 11.9 Å². The molecule has 0 aliphatic rings. The second kappa shape index (κ2) is 7.69. The lowest BCUT2D eigenvalue weighted by Gasteiger charge is -2.20. The molecule has 0 saturated heterocycles. The van der Waals surface area contributed by atoms with E-state index in [1.165, 1.54) is 6.07 Å². The van der Waals surface area contributed by atoms with Crippen LogP contribution in [0, 0.1) is 5.82 Å². The first-order chi connectivity index (χ1) is 8.54. The third-order valence-corrected chi connectivity index (χ3v) is 3.04. The molecule has 3 nitrogen and oxygen atoms in total. The third kappa shape index (κ3) is 4.90. The minimum absolute atomic E-state index is 0.284. The van der Waals surface area contributed by atoms with Crippen LogP contribution >= 0.6 is 11.6 Å². The van der Waals surface area contributed by atoms with Gasteiger partial charge in [-0.15, -0.1) is 0 Å². The Balaban J connectivity index is 2.45. The normalized spacial score (nSPS) is 13.0. The second-order valence-corrected chi connectivity index (χ2v) is 4.73. The van der Waals surface area contributed by atoms with Gasteiger partial charge in [-0.25, -0.2) is 4.39 Å². The number of hydrogen-bond acceptors (Lipinski definition) is 3. The van der Waals surface area contributed by atoms with Crippen LogP contribution in [0.4, 0.5) is 4.39 Å². The molecule has 0 radical (unpaired) electrons. The van der Waals surface area contributed by atoms with Gasteiger partial charge < -0.3 is 14.7 Å². The van der Waals surface area contributed by atoms with Crippen LogP contribution in [0.5, 0.6) is 0 Å². The Hall–Kier alpha value is -0.680. The number of benzene rings is 1. The summed E-state index contributed by atoms with van der Waals surface area (Å²) in [4.78, 5) is 1.92.